The third kappa shape index (κ3) is 4.81. The van der Waals surface area contributed by atoms with Crippen LogP contribution in [0.5, 0.6) is 0 Å². The lowest BCUT2D eigenvalue weighted by atomic mass is 10.0. The highest BCUT2D eigenvalue weighted by molar-refractivity contribution is 8.00. The van der Waals surface area contributed by atoms with Gasteiger partial charge in [-0.1, -0.05) is 0 Å². The zero-order valence-electron chi connectivity index (χ0n) is 15.1. The molecule has 1 aromatic carbocycles. The van der Waals surface area contributed by atoms with E-state index in [0.29, 0.717) is 25.9 Å². The van der Waals surface area contributed by atoms with Gasteiger partial charge in [0.05, 0.1) is 10.9 Å². The van der Waals surface area contributed by atoms with Gasteiger partial charge in [-0.15, -0.1) is 0 Å². The van der Waals surface area contributed by atoms with E-state index in [1.54, 1.807) is 0 Å². The van der Waals surface area contributed by atoms with Crippen molar-refractivity contribution in [2.24, 2.45) is 5.73 Å². The van der Waals surface area contributed by atoms with E-state index in [1.807, 2.05) is 0 Å². The standard InChI is InChI=1S/C17H22F3N3O3S2/c18-17(19,20)27-13-3-5-14(6-4-13)28(25,26)22-10-7-12(8-11-22)23-9-1-2-15(23)16(21)24/h3-6,12,15H,1-2,7-11H2,(H2,21,24). The van der Waals surface area contributed by atoms with Gasteiger partial charge in [-0.25, -0.2) is 8.42 Å². The summed E-state index contributed by atoms with van der Waals surface area (Å²) in [5, 5.41) is 0. The Kier molecular flexibility index (Phi) is 6.28. The van der Waals surface area contributed by atoms with Gasteiger partial charge in [0.1, 0.15) is 0 Å². The minimum Gasteiger partial charge on any atom is -0.368 e. The number of alkyl halides is 3. The molecule has 1 atom stereocenters. The van der Waals surface area contributed by atoms with Crippen LogP contribution in [0, 0.1) is 0 Å². The van der Waals surface area contributed by atoms with Crippen LogP contribution < -0.4 is 5.73 Å². The number of benzene rings is 1. The summed E-state index contributed by atoms with van der Waals surface area (Å²) >= 11 is -0.279. The monoisotopic (exact) mass is 437 g/mol. The van der Waals surface area contributed by atoms with Gasteiger partial charge < -0.3 is 5.73 Å². The van der Waals surface area contributed by atoms with Gasteiger partial charge in [-0.2, -0.15) is 17.5 Å². The molecule has 0 spiro atoms. The SMILES string of the molecule is NC(=O)C1CCCN1C1CCN(S(=O)(=O)c2ccc(SC(F)(F)F)cc2)CC1. The Morgan fingerprint density at radius 3 is 2.21 bits per heavy atom. The van der Waals surface area contributed by atoms with Crippen LogP contribution in [0.1, 0.15) is 25.7 Å². The van der Waals surface area contributed by atoms with Crippen LogP contribution in [0.25, 0.3) is 0 Å². The first-order chi connectivity index (χ1) is 13.1. The van der Waals surface area contributed by atoms with E-state index in [-0.39, 0.29) is 39.5 Å². The second kappa shape index (κ2) is 8.21. The van der Waals surface area contributed by atoms with Crippen LogP contribution in [0.4, 0.5) is 13.2 Å². The van der Waals surface area contributed by atoms with Crippen molar-refractivity contribution >= 4 is 27.7 Å². The van der Waals surface area contributed by atoms with Crippen molar-refractivity contribution in [3.63, 3.8) is 0 Å². The van der Waals surface area contributed by atoms with E-state index in [4.69, 9.17) is 5.73 Å². The number of rotatable bonds is 5. The molecule has 0 aliphatic carbocycles. The molecule has 1 aromatic rings. The smallest absolute Gasteiger partial charge is 0.368 e. The number of amides is 1. The van der Waals surface area contributed by atoms with Crippen LogP contribution >= 0.6 is 11.8 Å². The fourth-order valence-electron chi connectivity index (χ4n) is 3.91. The molecule has 0 bridgehead atoms. The summed E-state index contributed by atoms with van der Waals surface area (Å²) in [5.74, 6) is -0.343. The fraction of sp³-hybridized carbons (Fsp3) is 0.588. The summed E-state index contributed by atoms with van der Waals surface area (Å²) in [6.45, 7) is 1.38. The Bertz CT molecular complexity index is 807. The topological polar surface area (TPSA) is 83.7 Å². The molecule has 6 nitrogen and oxygen atoms in total. The van der Waals surface area contributed by atoms with Gasteiger partial charge in [0.15, 0.2) is 0 Å². The number of carbonyl (C=O) groups is 1. The number of sulfonamides is 1. The highest BCUT2D eigenvalue weighted by atomic mass is 32.2. The van der Waals surface area contributed by atoms with Gasteiger partial charge in [0.25, 0.3) is 0 Å². The molecule has 2 aliphatic rings. The lowest BCUT2D eigenvalue weighted by Gasteiger charge is -2.38. The van der Waals surface area contributed by atoms with E-state index in [1.165, 1.54) is 28.6 Å². The Morgan fingerprint density at radius 1 is 1.07 bits per heavy atom. The zero-order valence-corrected chi connectivity index (χ0v) is 16.7. The molecule has 28 heavy (non-hydrogen) atoms. The lowest BCUT2D eigenvalue weighted by Crippen LogP contribution is -2.51. The summed E-state index contributed by atoms with van der Waals surface area (Å²) in [6, 6.07) is 4.57. The van der Waals surface area contributed by atoms with E-state index in [9.17, 15) is 26.4 Å². The first-order valence-electron chi connectivity index (χ1n) is 8.99. The summed E-state index contributed by atoms with van der Waals surface area (Å²) in [6.07, 6.45) is 2.81. The summed E-state index contributed by atoms with van der Waals surface area (Å²) in [7, 11) is -3.77. The average molecular weight is 438 g/mol. The molecule has 0 aromatic heterocycles. The largest absolute Gasteiger partial charge is 0.446 e. The molecule has 2 aliphatic heterocycles. The summed E-state index contributed by atoms with van der Waals surface area (Å²) < 4.78 is 64.2. The second-order valence-corrected chi connectivity index (χ2v) is 10.0. The number of nitrogens with zero attached hydrogens (tertiary/aromatic N) is 2. The van der Waals surface area contributed by atoms with E-state index >= 15 is 0 Å². The predicted octanol–water partition coefficient (Wildman–Crippen LogP) is 2.40. The maximum Gasteiger partial charge on any atom is 0.446 e. The molecule has 1 unspecified atom stereocenters. The zero-order chi connectivity index (χ0) is 20.5. The number of halogens is 3. The van der Waals surface area contributed by atoms with Crippen molar-refractivity contribution in [2.45, 2.75) is 53.1 Å². The highest BCUT2D eigenvalue weighted by Gasteiger charge is 2.38. The first-order valence-corrected chi connectivity index (χ1v) is 11.2. The number of hydrogen-bond donors (Lipinski definition) is 1. The number of piperidine rings is 1. The molecular formula is C17H22F3N3O3S2. The molecule has 2 fully saturated rings. The molecule has 0 radical (unpaired) electrons. The lowest BCUT2D eigenvalue weighted by molar-refractivity contribution is -0.123. The summed E-state index contributed by atoms with van der Waals surface area (Å²) in [5.41, 5.74) is 1.04. The Balaban J connectivity index is 1.64. The van der Waals surface area contributed by atoms with Crippen LogP contribution in [0.2, 0.25) is 0 Å². The van der Waals surface area contributed by atoms with Crippen LogP contribution in [-0.2, 0) is 14.8 Å². The minimum absolute atomic E-state index is 0.0198. The molecule has 156 valence electrons. The van der Waals surface area contributed by atoms with Gasteiger partial charge in [-0.05, 0) is 68.3 Å². The quantitative estimate of drug-likeness (QED) is 0.716. The van der Waals surface area contributed by atoms with Crippen molar-refractivity contribution in [1.82, 2.24) is 9.21 Å². The Labute approximate surface area is 166 Å². The van der Waals surface area contributed by atoms with Crippen molar-refractivity contribution in [1.29, 1.82) is 0 Å². The van der Waals surface area contributed by atoms with Crippen molar-refractivity contribution in [3.8, 4) is 0 Å². The predicted molar refractivity (Wildman–Crippen MR) is 99.1 cm³/mol. The Hall–Kier alpha value is -1.30. The molecule has 3 rings (SSSR count). The van der Waals surface area contributed by atoms with Crippen LogP contribution in [-0.4, -0.2) is 60.8 Å². The molecule has 1 amide bonds. The average Bonchev–Trinajstić information content (AvgIpc) is 3.11. The summed E-state index contributed by atoms with van der Waals surface area (Å²) in [4.78, 5) is 13.6. The normalized spacial score (nSPS) is 23.2. The molecule has 2 heterocycles. The number of primary amides is 1. The number of nitrogens with two attached hydrogens (primary N) is 1. The van der Waals surface area contributed by atoms with Crippen LogP contribution in [0.3, 0.4) is 0 Å². The van der Waals surface area contributed by atoms with Crippen molar-refractivity contribution in [3.05, 3.63) is 24.3 Å². The van der Waals surface area contributed by atoms with Crippen LogP contribution in [0.15, 0.2) is 34.1 Å². The molecule has 0 saturated carbocycles. The molecule has 2 N–H and O–H groups in total. The molecule has 11 heteroatoms. The van der Waals surface area contributed by atoms with E-state index in [0.717, 1.165) is 19.4 Å². The van der Waals surface area contributed by atoms with E-state index < -0.39 is 15.5 Å². The number of hydrogen-bond acceptors (Lipinski definition) is 5. The third-order valence-corrected chi connectivity index (χ3v) is 7.86. The fourth-order valence-corrected chi connectivity index (χ4v) is 5.92. The number of likely N-dealkylation sites (tertiary alicyclic amines) is 1. The molecular weight excluding hydrogens is 415 g/mol. The first kappa shape index (κ1) is 21.4. The third-order valence-electron chi connectivity index (χ3n) is 5.21. The maximum atomic E-state index is 12.8. The number of thioether (sulfide) groups is 1. The highest BCUT2D eigenvalue weighted by Crippen LogP contribution is 2.37. The van der Waals surface area contributed by atoms with Gasteiger partial charge >= 0.3 is 5.51 Å². The van der Waals surface area contributed by atoms with Gasteiger partial charge in [-0.3, -0.25) is 9.69 Å². The van der Waals surface area contributed by atoms with Crippen molar-refractivity contribution in [2.75, 3.05) is 19.6 Å². The van der Waals surface area contributed by atoms with E-state index in [2.05, 4.69) is 4.90 Å². The maximum absolute atomic E-state index is 12.8. The minimum atomic E-state index is -4.42. The number of carbonyl (C=O) groups excluding carboxylic acids is 1. The van der Waals surface area contributed by atoms with Crippen molar-refractivity contribution < 1.29 is 26.4 Å². The van der Waals surface area contributed by atoms with Gasteiger partial charge in [0, 0.05) is 24.0 Å². The second-order valence-electron chi connectivity index (χ2n) is 6.95. The Morgan fingerprint density at radius 2 is 1.68 bits per heavy atom. The van der Waals surface area contributed by atoms with Gasteiger partial charge in [0.2, 0.25) is 15.9 Å². The molecule has 2 saturated heterocycles.